The van der Waals surface area contributed by atoms with Crippen molar-refractivity contribution >= 4 is 22.4 Å². The minimum atomic E-state index is -0.231. The Hall–Kier alpha value is -2.86. The van der Waals surface area contributed by atoms with E-state index in [2.05, 4.69) is 10.3 Å². The van der Waals surface area contributed by atoms with Crippen LogP contribution in [0.25, 0.3) is 11.3 Å². The monoisotopic (exact) mass is 382 g/mol. The van der Waals surface area contributed by atoms with Gasteiger partial charge in [-0.3, -0.25) is 10.1 Å². The minimum absolute atomic E-state index is 0.0537. The molecule has 0 unspecified atom stereocenters. The van der Waals surface area contributed by atoms with Crippen molar-refractivity contribution in [1.29, 1.82) is 0 Å². The third-order valence-electron chi connectivity index (χ3n) is 3.93. The molecule has 2 aromatic carbocycles. The number of nitrogens with zero attached hydrogens (tertiary/aromatic N) is 1. The highest BCUT2D eigenvalue weighted by Crippen LogP contribution is 2.31. The molecule has 3 aromatic rings. The first-order chi connectivity index (χ1) is 13.1. The molecule has 0 radical (unpaired) electrons. The van der Waals surface area contributed by atoms with E-state index in [0.717, 1.165) is 27.4 Å². The molecule has 0 saturated carbocycles. The van der Waals surface area contributed by atoms with Crippen LogP contribution in [0.15, 0.2) is 48.5 Å². The Morgan fingerprint density at radius 2 is 1.81 bits per heavy atom. The van der Waals surface area contributed by atoms with Gasteiger partial charge >= 0.3 is 0 Å². The number of rotatable bonds is 7. The smallest absolute Gasteiger partial charge is 0.264 e. The summed E-state index contributed by atoms with van der Waals surface area (Å²) in [6, 6.07) is 15.4. The number of anilines is 1. The van der Waals surface area contributed by atoms with Gasteiger partial charge in [0.05, 0.1) is 12.3 Å². The van der Waals surface area contributed by atoms with Crippen LogP contribution in [0.3, 0.4) is 0 Å². The van der Waals surface area contributed by atoms with Gasteiger partial charge < -0.3 is 9.47 Å². The average Bonchev–Trinajstić information content (AvgIpc) is 3.02. The molecule has 0 spiro atoms. The number of hydrogen-bond acceptors (Lipinski definition) is 5. The molecule has 0 fully saturated rings. The van der Waals surface area contributed by atoms with E-state index in [9.17, 15) is 4.79 Å². The molecular formula is C21H22N2O3S. The van der Waals surface area contributed by atoms with Gasteiger partial charge in [-0.2, -0.15) is 0 Å². The zero-order valence-corrected chi connectivity index (χ0v) is 16.4. The lowest BCUT2D eigenvalue weighted by molar-refractivity contribution is -0.118. The average molecular weight is 382 g/mol. The lowest BCUT2D eigenvalue weighted by atomic mass is 10.1. The Labute approximate surface area is 163 Å². The molecule has 0 bridgehead atoms. The lowest BCUT2D eigenvalue weighted by Gasteiger charge is -2.08. The summed E-state index contributed by atoms with van der Waals surface area (Å²) in [7, 11) is 0. The largest absolute Gasteiger partial charge is 0.494 e. The molecule has 0 aliphatic heterocycles. The highest BCUT2D eigenvalue weighted by Gasteiger charge is 2.13. The van der Waals surface area contributed by atoms with E-state index < -0.39 is 0 Å². The van der Waals surface area contributed by atoms with Crippen LogP contribution in [0.2, 0.25) is 0 Å². The summed E-state index contributed by atoms with van der Waals surface area (Å²) in [4.78, 5) is 17.8. The van der Waals surface area contributed by atoms with Crippen molar-refractivity contribution in [2.24, 2.45) is 0 Å². The fourth-order valence-corrected chi connectivity index (χ4v) is 3.46. The molecule has 27 heavy (non-hydrogen) atoms. The van der Waals surface area contributed by atoms with E-state index in [-0.39, 0.29) is 12.5 Å². The number of ether oxygens (including phenoxy) is 2. The van der Waals surface area contributed by atoms with Crippen molar-refractivity contribution in [2.45, 2.75) is 20.8 Å². The van der Waals surface area contributed by atoms with Gasteiger partial charge in [-0.05, 0) is 56.7 Å². The van der Waals surface area contributed by atoms with Gasteiger partial charge in [-0.1, -0.05) is 18.2 Å². The topological polar surface area (TPSA) is 60.5 Å². The van der Waals surface area contributed by atoms with Crippen molar-refractivity contribution < 1.29 is 14.3 Å². The number of amides is 1. The maximum atomic E-state index is 12.2. The van der Waals surface area contributed by atoms with E-state index in [1.807, 2.05) is 69.3 Å². The molecule has 6 heteroatoms. The maximum Gasteiger partial charge on any atom is 0.264 e. The van der Waals surface area contributed by atoms with Crippen molar-refractivity contribution in [3.63, 3.8) is 0 Å². The number of hydrogen-bond donors (Lipinski definition) is 1. The Bertz CT molecular complexity index is 919. The number of carbonyl (C=O) groups excluding carboxylic acids is 1. The fourth-order valence-electron chi connectivity index (χ4n) is 2.61. The highest BCUT2D eigenvalue weighted by molar-refractivity contribution is 7.16. The van der Waals surface area contributed by atoms with Crippen molar-refractivity contribution in [2.75, 3.05) is 18.5 Å². The standard InChI is InChI=1S/C21H22N2O3S/c1-4-25-17-11-9-16(10-12-17)20-15(3)27-21(23-20)22-19(24)13-26-18-8-6-5-7-14(18)2/h5-12H,4,13H2,1-3H3,(H,22,23,24). The molecule has 0 saturated heterocycles. The highest BCUT2D eigenvalue weighted by atomic mass is 32.1. The van der Waals surface area contributed by atoms with Crippen LogP contribution >= 0.6 is 11.3 Å². The molecular weight excluding hydrogens is 360 g/mol. The SMILES string of the molecule is CCOc1ccc(-c2nc(NC(=O)COc3ccccc3C)sc2C)cc1. The summed E-state index contributed by atoms with van der Waals surface area (Å²) in [5, 5.41) is 3.38. The predicted molar refractivity (Wildman–Crippen MR) is 109 cm³/mol. The van der Waals surface area contributed by atoms with Crippen molar-refractivity contribution in [3.05, 3.63) is 59.0 Å². The van der Waals surface area contributed by atoms with Gasteiger partial charge in [0.2, 0.25) is 0 Å². The van der Waals surface area contributed by atoms with Gasteiger partial charge in [0.15, 0.2) is 11.7 Å². The summed E-state index contributed by atoms with van der Waals surface area (Å²) in [6.45, 7) is 6.47. The molecule has 0 aliphatic carbocycles. The number of carbonyl (C=O) groups is 1. The van der Waals surface area contributed by atoms with Gasteiger partial charge in [0.25, 0.3) is 5.91 Å². The number of benzene rings is 2. The van der Waals surface area contributed by atoms with E-state index in [0.29, 0.717) is 17.5 Å². The first-order valence-electron chi connectivity index (χ1n) is 8.75. The number of para-hydroxylation sites is 1. The molecule has 1 N–H and O–H groups in total. The van der Waals surface area contributed by atoms with Crippen molar-refractivity contribution in [1.82, 2.24) is 4.98 Å². The Morgan fingerprint density at radius 3 is 2.52 bits per heavy atom. The molecule has 140 valence electrons. The number of aromatic nitrogens is 1. The van der Waals surface area contributed by atoms with Crippen LogP contribution in [-0.4, -0.2) is 24.1 Å². The normalized spacial score (nSPS) is 10.5. The summed E-state index contributed by atoms with van der Waals surface area (Å²) in [5.74, 6) is 1.30. The van der Waals surface area contributed by atoms with Crippen LogP contribution in [0.5, 0.6) is 11.5 Å². The molecule has 0 aliphatic rings. The molecule has 1 heterocycles. The van der Waals surface area contributed by atoms with Crippen LogP contribution in [0.1, 0.15) is 17.4 Å². The Morgan fingerprint density at radius 1 is 1.07 bits per heavy atom. The lowest BCUT2D eigenvalue weighted by Crippen LogP contribution is -2.20. The second-order valence-electron chi connectivity index (χ2n) is 5.98. The molecule has 1 amide bonds. The van der Waals surface area contributed by atoms with Crippen molar-refractivity contribution in [3.8, 4) is 22.8 Å². The summed E-state index contributed by atoms with van der Waals surface area (Å²) < 4.78 is 11.0. The summed E-state index contributed by atoms with van der Waals surface area (Å²) in [5.41, 5.74) is 2.84. The zero-order valence-electron chi connectivity index (χ0n) is 15.6. The van der Waals surface area contributed by atoms with Crippen LogP contribution in [0, 0.1) is 13.8 Å². The van der Waals surface area contributed by atoms with Crippen LogP contribution in [-0.2, 0) is 4.79 Å². The van der Waals surface area contributed by atoms with Crippen LogP contribution in [0.4, 0.5) is 5.13 Å². The second kappa shape index (κ2) is 8.68. The Kier molecular flexibility index (Phi) is 6.08. The molecule has 3 rings (SSSR count). The summed E-state index contributed by atoms with van der Waals surface area (Å²) >= 11 is 1.45. The molecule has 1 aromatic heterocycles. The minimum Gasteiger partial charge on any atom is -0.494 e. The number of thiazole rings is 1. The first-order valence-corrected chi connectivity index (χ1v) is 9.57. The van der Waals surface area contributed by atoms with E-state index in [1.165, 1.54) is 11.3 Å². The third kappa shape index (κ3) is 4.86. The second-order valence-corrected chi connectivity index (χ2v) is 7.19. The van der Waals surface area contributed by atoms with E-state index in [1.54, 1.807) is 0 Å². The number of aryl methyl sites for hydroxylation is 2. The fraction of sp³-hybridized carbons (Fsp3) is 0.238. The van der Waals surface area contributed by atoms with Gasteiger partial charge in [-0.25, -0.2) is 4.98 Å². The Balaban J connectivity index is 1.63. The zero-order chi connectivity index (χ0) is 19.2. The first kappa shape index (κ1) is 18.9. The predicted octanol–water partition coefficient (Wildman–Crippen LogP) is 4.84. The van der Waals surface area contributed by atoms with E-state index >= 15 is 0 Å². The quantitative estimate of drug-likeness (QED) is 0.635. The molecule has 0 atom stereocenters. The third-order valence-corrected chi connectivity index (χ3v) is 4.82. The maximum absolute atomic E-state index is 12.2. The van der Waals surface area contributed by atoms with E-state index in [4.69, 9.17) is 9.47 Å². The van der Waals surface area contributed by atoms with Crippen LogP contribution < -0.4 is 14.8 Å². The van der Waals surface area contributed by atoms with Gasteiger partial charge in [0.1, 0.15) is 11.5 Å². The van der Waals surface area contributed by atoms with Gasteiger partial charge in [-0.15, -0.1) is 11.3 Å². The number of nitrogens with one attached hydrogen (secondary N) is 1. The molecule has 5 nitrogen and oxygen atoms in total. The summed E-state index contributed by atoms with van der Waals surface area (Å²) in [6.07, 6.45) is 0. The van der Waals surface area contributed by atoms with Gasteiger partial charge in [0, 0.05) is 10.4 Å².